The summed E-state index contributed by atoms with van der Waals surface area (Å²) in [5.41, 5.74) is 7.92. The zero-order valence-electron chi connectivity index (χ0n) is 10.6. The molecule has 1 atom stereocenters. The number of fused-ring (bicyclic) bond motifs is 1. The Hall–Kier alpha value is -1.42. The van der Waals surface area contributed by atoms with Crippen LogP contribution in [0.1, 0.15) is 17.2 Å². The highest BCUT2D eigenvalue weighted by molar-refractivity contribution is 7.17. The molecule has 0 aliphatic carbocycles. The molecule has 0 fully saturated rings. The van der Waals surface area contributed by atoms with E-state index in [-0.39, 0.29) is 11.9 Å². The van der Waals surface area contributed by atoms with Crippen LogP contribution in [0.2, 0.25) is 5.02 Å². The first-order valence-electron chi connectivity index (χ1n) is 6.31. The second-order valence-electron chi connectivity index (χ2n) is 4.73. The molecule has 1 unspecified atom stereocenters. The third kappa shape index (κ3) is 2.57. The van der Waals surface area contributed by atoms with E-state index in [1.165, 1.54) is 10.8 Å². The summed E-state index contributed by atoms with van der Waals surface area (Å²) in [5.74, 6) is -0.299. The number of halogens is 2. The minimum atomic E-state index is -0.299. The zero-order chi connectivity index (χ0) is 14.1. The van der Waals surface area contributed by atoms with E-state index in [0.717, 1.165) is 10.9 Å². The first kappa shape index (κ1) is 13.6. The Kier molecular flexibility index (Phi) is 3.74. The van der Waals surface area contributed by atoms with Crippen LogP contribution >= 0.6 is 22.9 Å². The van der Waals surface area contributed by atoms with Crippen molar-refractivity contribution in [2.45, 2.75) is 12.5 Å². The van der Waals surface area contributed by atoms with Crippen molar-refractivity contribution in [3.8, 4) is 0 Å². The Morgan fingerprint density at radius 1 is 1.20 bits per heavy atom. The molecule has 1 aromatic heterocycles. The van der Waals surface area contributed by atoms with Crippen LogP contribution in [0.3, 0.4) is 0 Å². The summed E-state index contributed by atoms with van der Waals surface area (Å²) < 4.78 is 15.0. The predicted octanol–water partition coefficient (Wildman–Crippen LogP) is 4.94. The summed E-state index contributed by atoms with van der Waals surface area (Å²) in [6.45, 7) is 0. The minimum Gasteiger partial charge on any atom is -0.324 e. The SMILES string of the molecule is NC(Cc1ccc(Cl)cc1F)c1csc2ccccc12. The van der Waals surface area contributed by atoms with Gasteiger partial charge in [-0.25, -0.2) is 4.39 Å². The summed E-state index contributed by atoms with van der Waals surface area (Å²) in [4.78, 5) is 0. The van der Waals surface area contributed by atoms with Crippen molar-refractivity contribution in [2.75, 3.05) is 0 Å². The third-order valence-corrected chi connectivity index (χ3v) is 4.58. The second kappa shape index (κ2) is 5.52. The molecular formula is C16H13ClFNS. The van der Waals surface area contributed by atoms with Crippen LogP contribution in [0, 0.1) is 5.82 Å². The number of benzene rings is 2. The topological polar surface area (TPSA) is 26.0 Å². The summed E-state index contributed by atoms with van der Waals surface area (Å²) in [5, 5.41) is 3.61. The van der Waals surface area contributed by atoms with Crippen molar-refractivity contribution in [2.24, 2.45) is 5.73 Å². The maximum Gasteiger partial charge on any atom is 0.127 e. The maximum atomic E-state index is 13.8. The summed E-state index contributed by atoms with van der Waals surface area (Å²) >= 11 is 7.43. The summed E-state index contributed by atoms with van der Waals surface area (Å²) in [6, 6.07) is 12.6. The second-order valence-corrected chi connectivity index (χ2v) is 6.08. The van der Waals surface area contributed by atoms with Gasteiger partial charge in [-0.2, -0.15) is 0 Å². The zero-order valence-corrected chi connectivity index (χ0v) is 12.2. The van der Waals surface area contributed by atoms with Gasteiger partial charge in [0, 0.05) is 15.8 Å². The van der Waals surface area contributed by atoms with Crippen molar-refractivity contribution < 1.29 is 4.39 Å². The molecule has 0 amide bonds. The lowest BCUT2D eigenvalue weighted by molar-refractivity contribution is 0.594. The van der Waals surface area contributed by atoms with Crippen molar-refractivity contribution >= 4 is 33.0 Å². The van der Waals surface area contributed by atoms with Crippen LogP contribution in [0.4, 0.5) is 4.39 Å². The molecular weight excluding hydrogens is 293 g/mol. The molecule has 0 aliphatic rings. The van der Waals surface area contributed by atoms with E-state index in [9.17, 15) is 4.39 Å². The molecule has 20 heavy (non-hydrogen) atoms. The Morgan fingerprint density at radius 3 is 2.80 bits per heavy atom. The van der Waals surface area contributed by atoms with Crippen molar-refractivity contribution in [3.63, 3.8) is 0 Å². The van der Waals surface area contributed by atoms with Crippen LogP contribution < -0.4 is 5.73 Å². The molecule has 4 heteroatoms. The van der Waals surface area contributed by atoms with Crippen LogP contribution in [0.5, 0.6) is 0 Å². The van der Waals surface area contributed by atoms with Gasteiger partial charge in [-0.1, -0.05) is 35.9 Å². The standard InChI is InChI=1S/C16H13ClFNS/c17-11-6-5-10(14(18)8-11)7-15(19)13-9-20-16-4-2-1-3-12(13)16/h1-6,8-9,15H,7,19H2. The molecule has 0 aliphatic heterocycles. The van der Waals surface area contributed by atoms with E-state index in [0.29, 0.717) is 17.0 Å². The van der Waals surface area contributed by atoms with Crippen molar-refractivity contribution in [1.29, 1.82) is 0 Å². The average Bonchev–Trinajstić information content (AvgIpc) is 2.86. The summed E-state index contributed by atoms with van der Waals surface area (Å²) in [6.07, 6.45) is 0.462. The van der Waals surface area contributed by atoms with E-state index in [4.69, 9.17) is 17.3 Å². The van der Waals surface area contributed by atoms with Gasteiger partial charge in [-0.05, 0) is 46.5 Å². The lowest BCUT2D eigenvalue weighted by atomic mass is 9.99. The predicted molar refractivity (Wildman–Crippen MR) is 83.9 cm³/mol. The maximum absolute atomic E-state index is 13.8. The smallest absolute Gasteiger partial charge is 0.127 e. The summed E-state index contributed by atoms with van der Waals surface area (Å²) in [7, 11) is 0. The van der Waals surface area contributed by atoms with E-state index in [2.05, 4.69) is 17.5 Å². The Labute approximate surface area is 125 Å². The highest BCUT2D eigenvalue weighted by Gasteiger charge is 2.14. The van der Waals surface area contributed by atoms with Gasteiger partial charge >= 0.3 is 0 Å². The molecule has 0 radical (unpaired) electrons. The van der Waals surface area contributed by atoms with Gasteiger partial charge in [-0.15, -0.1) is 11.3 Å². The fraction of sp³-hybridized carbons (Fsp3) is 0.125. The molecule has 1 nitrogen and oxygen atoms in total. The van der Waals surface area contributed by atoms with Crippen LogP contribution in [0.25, 0.3) is 10.1 Å². The average molecular weight is 306 g/mol. The largest absolute Gasteiger partial charge is 0.324 e. The minimum absolute atomic E-state index is 0.221. The molecule has 0 saturated heterocycles. The van der Waals surface area contributed by atoms with Gasteiger partial charge in [0.2, 0.25) is 0 Å². The van der Waals surface area contributed by atoms with E-state index >= 15 is 0 Å². The van der Waals surface area contributed by atoms with Gasteiger partial charge in [0.15, 0.2) is 0 Å². The molecule has 2 N–H and O–H groups in total. The van der Waals surface area contributed by atoms with Crippen molar-refractivity contribution in [3.05, 3.63) is 69.8 Å². The normalized spacial score (nSPS) is 12.8. The Bertz CT molecular complexity index is 753. The van der Waals surface area contributed by atoms with Gasteiger partial charge in [0.25, 0.3) is 0 Å². The molecule has 3 aromatic rings. The van der Waals surface area contributed by atoms with Crippen LogP contribution in [-0.4, -0.2) is 0 Å². The Balaban J connectivity index is 1.91. The molecule has 0 saturated carbocycles. The van der Waals surface area contributed by atoms with Gasteiger partial charge in [0.1, 0.15) is 5.82 Å². The van der Waals surface area contributed by atoms with E-state index in [1.54, 1.807) is 23.5 Å². The molecule has 1 heterocycles. The lowest BCUT2D eigenvalue weighted by Gasteiger charge is -2.12. The number of thiophene rings is 1. The van der Waals surface area contributed by atoms with Crippen LogP contribution in [-0.2, 0) is 6.42 Å². The first-order chi connectivity index (χ1) is 9.65. The first-order valence-corrected chi connectivity index (χ1v) is 7.56. The molecule has 0 spiro atoms. The molecule has 2 aromatic carbocycles. The van der Waals surface area contributed by atoms with Gasteiger partial charge in [-0.3, -0.25) is 0 Å². The van der Waals surface area contributed by atoms with Crippen LogP contribution in [0.15, 0.2) is 47.8 Å². The van der Waals surface area contributed by atoms with Crippen molar-refractivity contribution in [1.82, 2.24) is 0 Å². The third-order valence-electron chi connectivity index (χ3n) is 3.37. The monoisotopic (exact) mass is 305 g/mol. The number of rotatable bonds is 3. The Morgan fingerprint density at radius 2 is 2.00 bits per heavy atom. The number of hydrogen-bond acceptors (Lipinski definition) is 2. The van der Waals surface area contributed by atoms with E-state index in [1.807, 2.05) is 12.1 Å². The number of hydrogen-bond donors (Lipinski definition) is 1. The molecule has 3 rings (SSSR count). The molecule has 102 valence electrons. The highest BCUT2D eigenvalue weighted by atomic mass is 35.5. The quantitative estimate of drug-likeness (QED) is 0.729. The van der Waals surface area contributed by atoms with E-state index < -0.39 is 0 Å². The number of nitrogens with two attached hydrogens (primary N) is 1. The van der Waals surface area contributed by atoms with Gasteiger partial charge in [0.05, 0.1) is 0 Å². The van der Waals surface area contributed by atoms with Gasteiger partial charge < -0.3 is 5.73 Å². The molecule has 0 bridgehead atoms. The lowest BCUT2D eigenvalue weighted by Crippen LogP contribution is -2.13. The highest BCUT2D eigenvalue weighted by Crippen LogP contribution is 2.31. The fourth-order valence-corrected chi connectivity index (χ4v) is 3.50. The fourth-order valence-electron chi connectivity index (χ4n) is 2.32.